The maximum Gasteiger partial charge on any atom is 0.293 e. The molecule has 1 saturated heterocycles. The number of rotatable bonds is 7. The zero-order valence-electron chi connectivity index (χ0n) is 20.1. The topological polar surface area (TPSA) is 71.4 Å². The fourth-order valence-corrected chi connectivity index (χ4v) is 5.29. The summed E-state index contributed by atoms with van der Waals surface area (Å²) in [5, 5.41) is 4.22. The number of amides is 3. The quantitative estimate of drug-likeness (QED) is 0.281. The van der Waals surface area contributed by atoms with E-state index >= 15 is 0 Å². The van der Waals surface area contributed by atoms with Crippen LogP contribution in [0.4, 0.5) is 4.79 Å². The van der Waals surface area contributed by atoms with Gasteiger partial charge in [0.1, 0.15) is 6.54 Å². The van der Waals surface area contributed by atoms with Gasteiger partial charge in [-0.2, -0.15) is 0 Å². The Hall–Kier alpha value is -3.81. The summed E-state index contributed by atoms with van der Waals surface area (Å²) >= 11 is 6.87. The van der Waals surface area contributed by atoms with Gasteiger partial charge in [0.2, 0.25) is 5.91 Å². The van der Waals surface area contributed by atoms with Gasteiger partial charge in [0, 0.05) is 27.7 Å². The van der Waals surface area contributed by atoms with Crippen LogP contribution in [0.1, 0.15) is 29.7 Å². The first-order valence-electron chi connectivity index (χ1n) is 11.8. The summed E-state index contributed by atoms with van der Waals surface area (Å²) in [4.78, 5) is 40.2. The Morgan fingerprint density at radius 3 is 2.46 bits per heavy atom. The number of carbonyl (C=O) groups is 3. The monoisotopic (exact) mass is 529 g/mol. The third kappa shape index (κ3) is 5.48. The second-order valence-corrected chi connectivity index (χ2v) is 10.3. The molecule has 1 aromatic heterocycles. The van der Waals surface area contributed by atoms with Gasteiger partial charge >= 0.3 is 0 Å². The van der Waals surface area contributed by atoms with Crippen molar-refractivity contribution in [3.05, 3.63) is 112 Å². The first-order valence-corrected chi connectivity index (χ1v) is 13.0. The molecule has 3 amide bonds. The molecule has 3 aromatic carbocycles. The number of para-hydroxylation sites is 1. The van der Waals surface area contributed by atoms with E-state index in [1.165, 1.54) is 4.90 Å². The number of fused-ring (bicyclic) bond motifs is 1. The van der Waals surface area contributed by atoms with Crippen molar-refractivity contribution < 1.29 is 14.4 Å². The van der Waals surface area contributed by atoms with Gasteiger partial charge in [0.15, 0.2) is 0 Å². The Labute approximate surface area is 223 Å². The molecular formula is C29H24ClN3O3S. The molecule has 0 aliphatic carbocycles. The van der Waals surface area contributed by atoms with Crippen molar-refractivity contribution in [1.82, 2.24) is 14.8 Å². The average molecular weight is 530 g/mol. The van der Waals surface area contributed by atoms with Gasteiger partial charge in [-0.05, 0) is 54.1 Å². The van der Waals surface area contributed by atoms with Crippen LogP contribution in [0.3, 0.4) is 0 Å². The molecule has 8 heteroatoms. The standard InChI is InChI=1S/C29H24ClN3O3S/c1-19(21-7-3-2-4-8-21)31-27(34)18-32-17-22(24-9-5-6-10-25(24)32)15-26-28(35)33(29(36)37-26)16-20-11-13-23(30)14-12-20/h2-15,17,19H,16,18H2,1H3,(H,31,34)/b26-15-. The van der Waals surface area contributed by atoms with E-state index in [2.05, 4.69) is 5.32 Å². The van der Waals surface area contributed by atoms with E-state index < -0.39 is 0 Å². The molecular weight excluding hydrogens is 506 g/mol. The Morgan fingerprint density at radius 1 is 1.00 bits per heavy atom. The van der Waals surface area contributed by atoms with E-state index in [0.29, 0.717) is 9.93 Å². The maximum absolute atomic E-state index is 13.1. The fraction of sp³-hybridized carbons (Fsp3) is 0.138. The molecule has 0 bridgehead atoms. The molecule has 0 saturated carbocycles. The van der Waals surface area contributed by atoms with E-state index in [4.69, 9.17) is 11.6 Å². The minimum absolute atomic E-state index is 0.119. The van der Waals surface area contributed by atoms with E-state index in [1.54, 1.807) is 30.3 Å². The van der Waals surface area contributed by atoms with Crippen LogP contribution in [0.25, 0.3) is 17.0 Å². The lowest BCUT2D eigenvalue weighted by molar-refractivity contribution is -0.123. The van der Waals surface area contributed by atoms with E-state index in [-0.39, 0.29) is 36.2 Å². The average Bonchev–Trinajstić information content (AvgIpc) is 3.37. The van der Waals surface area contributed by atoms with Gasteiger partial charge in [0.25, 0.3) is 11.1 Å². The van der Waals surface area contributed by atoms with E-state index in [9.17, 15) is 14.4 Å². The highest BCUT2D eigenvalue weighted by Crippen LogP contribution is 2.35. The summed E-state index contributed by atoms with van der Waals surface area (Å²) in [6.07, 6.45) is 3.58. The molecule has 1 N–H and O–H groups in total. The highest BCUT2D eigenvalue weighted by molar-refractivity contribution is 8.18. The predicted molar refractivity (Wildman–Crippen MR) is 148 cm³/mol. The normalized spacial score (nSPS) is 15.5. The van der Waals surface area contributed by atoms with Crippen LogP contribution in [0.5, 0.6) is 0 Å². The predicted octanol–water partition coefficient (Wildman–Crippen LogP) is 6.41. The summed E-state index contributed by atoms with van der Waals surface area (Å²) < 4.78 is 1.87. The molecule has 0 spiro atoms. The molecule has 1 fully saturated rings. The lowest BCUT2D eigenvalue weighted by Crippen LogP contribution is -2.29. The number of hydrogen-bond acceptors (Lipinski definition) is 4. The van der Waals surface area contributed by atoms with Gasteiger partial charge in [-0.1, -0.05) is 72.3 Å². The zero-order valence-corrected chi connectivity index (χ0v) is 21.6. The van der Waals surface area contributed by atoms with Crippen molar-refractivity contribution in [1.29, 1.82) is 0 Å². The van der Waals surface area contributed by atoms with Crippen molar-refractivity contribution >= 4 is 57.4 Å². The van der Waals surface area contributed by atoms with E-state index in [1.807, 2.05) is 72.3 Å². The second kappa shape index (κ2) is 10.7. The van der Waals surface area contributed by atoms with Gasteiger partial charge < -0.3 is 9.88 Å². The molecule has 1 atom stereocenters. The van der Waals surface area contributed by atoms with Crippen molar-refractivity contribution in [3.63, 3.8) is 0 Å². The fourth-order valence-electron chi connectivity index (χ4n) is 4.34. The molecule has 37 heavy (non-hydrogen) atoms. The van der Waals surface area contributed by atoms with Gasteiger partial charge in [0.05, 0.1) is 17.5 Å². The van der Waals surface area contributed by atoms with E-state index in [0.717, 1.165) is 39.4 Å². The Morgan fingerprint density at radius 2 is 1.70 bits per heavy atom. The number of imide groups is 1. The van der Waals surface area contributed by atoms with Gasteiger partial charge in [-0.25, -0.2) is 0 Å². The van der Waals surface area contributed by atoms with Crippen molar-refractivity contribution in [2.45, 2.75) is 26.1 Å². The summed E-state index contributed by atoms with van der Waals surface area (Å²) in [6.45, 7) is 2.26. The number of benzene rings is 3. The van der Waals surface area contributed by atoms with Crippen molar-refractivity contribution in [2.75, 3.05) is 0 Å². The lowest BCUT2D eigenvalue weighted by atomic mass is 10.1. The number of nitrogens with zero attached hydrogens (tertiary/aromatic N) is 2. The lowest BCUT2D eigenvalue weighted by Gasteiger charge is -2.15. The SMILES string of the molecule is CC(NC(=O)Cn1cc(/C=C2\SC(=O)N(Cc3ccc(Cl)cc3)C2=O)c2ccccc21)c1ccccc1. The molecule has 2 heterocycles. The summed E-state index contributed by atoms with van der Waals surface area (Å²) in [5.74, 6) is -0.455. The van der Waals surface area contributed by atoms with Crippen LogP contribution in [0.15, 0.2) is 90.0 Å². The molecule has 4 aromatic rings. The number of aromatic nitrogens is 1. The third-order valence-electron chi connectivity index (χ3n) is 6.22. The second-order valence-electron chi connectivity index (χ2n) is 8.82. The zero-order chi connectivity index (χ0) is 25.9. The van der Waals surface area contributed by atoms with Crippen LogP contribution in [0.2, 0.25) is 5.02 Å². The van der Waals surface area contributed by atoms with Crippen LogP contribution >= 0.6 is 23.4 Å². The smallest absolute Gasteiger partial charge is 0.293 e. The number of hydrogen-bond donors (Lipinski definition) is 1. The highest BCUT2D eigenvalue weighted by atomic mass is 35.5. The first-order chi connectivity index (χ1) is 17.9. The number of carbonyl (C=O) groups excluding carboxylic acids is 3. The van der Waals surface area contributed by atoms with Crippen molar-refractivity contribution in [3.8, 4) is 0 Å². The maximum atomic E-state index is 13.1. The molecule has 6 nitrogen and oxygen atoms in total. The molecule has 1 aliphatic rings. The summed E-state index contributed by atoms with van der Waals surface area (Å²) in [5.41, 5.74) is 3.50. The molecule has 186 valence electrons. The van der Waals surface area contributed by atoms with Gasteiger partial charge in [-0.15, -0.1) is 0 Å². The minimum atomic E-state index is -0.337. The van der Waals surface area contributed by atoms with Crippen LogP contribution in [0, 0.1) is 0 Å². The Kier molecular flexibility index (Phi) is 7.17. The number of halogens is 1. The molecule has 0 radical (unpaired) electrons. The van der Waals surface area contributed by atoms with Gasteiger partial charge in [-0.3, -0.25) is 19.3 Å². The largest absolute Gasteiger partial charge is 0.348 e. The van der Waals surface area contributed by atoms with Crippen LogP contribution < -0.4 is 5.32 Å². The molecule has 5 rings (SSSR count). The highest BCUT2D eigenvalue weighted by Gasteiger charge is 2.35. The number of thioether (sulfide) groups is 1. The Bertz CT molecular complexity index is 1510. The van der Waals surface area contributed by atoms with Crippen molar-refractivity contribution in [2.24, 2.45) is 0 Å². The van der Waals surface area contributed by atoms with Crippen LogP contribution in [-0.4, -0.2) is 26.5 Å². The van der Waals surface area contributed by atoms with Crippen LogP contribution in [-0.2, 0) is 22.7 Å². The molecule has 1 unspecified atom stereocenters. The molecule has 1 aliphatic heterocycles. The Balaban J connectivity index is 1.36. The first kappa shape index (κ1) is 24.9. The third-order valence-corrected chi connectivity index (χ3v) is 7.38. The summed E-state index contributed by atoms with van der Waals surface area (Å²) in [7, 11) is 0. The minimum Gasteiger partial charge on any atom is -0.348 e. The summed E-state index contributed by atoms with van der Waals surface area (Å²) in [6, 6.07) is 24.4. The number of nitrogens with one attached hydrogen (secondary N) is 1.